The molecule has 0 aromatic carbocycles. The minimum Gasteiger partial charge on any atom is -0.394 e. The highest BCUT2D eigenvalue weighted by Crippen LogP contribution is 2.29. The molecule has 2 aromatic rings. The van der Waals surface area contributed by atoms with E-state index in [1.807, 2.05) is 0 Å². The van der Waals surface area contributed by atoms with Crippen LogP contribution in [0, 0.1) is 0 Å². The fraction of sp³-hybridized carbons (Fsp3) is 0.500. The Labute approximate surface area is 101 Å². The van der Waals surface area contributed by atoms with E-state index in [2.05, 4.69) is 9.97 Å². The summed E-state index contributed by atoms with van der Waals surface area (Å²) in [6.07, 6.45) is 2.93. The maximum absolute atomic E-state index is 11.5. The third-order valence-electron chi connectivity index (χ3n) is 3.06. The molecule has 0 amide bonds. The van der Waals surface area contributed by atoms with E-state index in [4.69, 9.17) is 9.84 Å². The lowest BCUT2D eigenvalue weighted by Gasteiger charge is -2.13. The van der Waals surface area contributed by atoms with Gasteiger partial charge in [-0.2, -0.15) is 4.98 Å². The normalized spacial score (nSPS) is 28.0. The Balaban J connectivity index is 2.01. The van der Waals surface area contributed by atoms with Crippen LogP contribution in [0.25, 0.3) is 5.78 Å². The number of hydrogen-bond donors (Lipinski definition) is 2. The Hall–Kier alpha value is -1.77. The summed E-state index contributed by atoms with van der Waals surface area (Å²) in [5.74, 6) is 0.394. The Kier molecular flexibility index (Phi) is 2.62. The highest BCUT2D eigenvalue weighted by atomic mass is 16.5. The Morgan fingerprint density at radius 2 is 2.28 bits per heavy atom. The van der Waals surface area contributed by atoms with Crippen LogP contribution in [0.15, 0.2) is 23.5 Å². The molecule has 96 valence electrons. The molecule has 1 saturated heterocycles. The van der Waals surface area contributed by atoms with Gasteiger partial charge >= 0.3 is 5.69 Å². The van der Waals surface area contributed by atoms with Gasteiger partial charge in [-0.3, -0.25) is 4.57 Å². The molecule has 0 spiro atoms. The van der Waals surface area contributed by atoms with Crippen LogP contribution in [0.5, 0.6) is 0 Å². The number of rotatable bonds is 2. The van der Waals surface area contributed by atoms with E-state index in [9.17, 15) is 9.90 Å². The van der Waals surface area contributed by atoms with Gasteiger partial charge in [0.25, 0.3) is 0 Å². The molecular formula is C10H12N4O4. The smallest absolute Gasteiger partial charge is 0.356 e. The summed E-state index contributed by atoms with van der Waals surface area (Å²) in [4.78, 5) is 19.0. The van der Waals surface area contributed by atoms with E-state index < -0.39 is 24.1 Å². The topological polar surface area (TPSA) is 102 Å². The van der Waals surface area contributed by atoms with Crippen molar-refractivity contribution in [3.63, 3.8) is 0 Å². The van der Waals surface area contributed by atoms with Crippen LogP contribution in [-0.2, 0) is 4.74 Å². The predicted octanol–water partition coefficient (Wildman–Crippen LogP) is -1.47. The maximum Gasteiger partial charge on any atom is 0.356 e. The summed E-state index contributed by atoms with van der Waals surface area (Å²) in [7, 11) is 0. The average Bonchev–Trinajstić information content (AvgIpc) is 2.93. The van der Waals surface area contributed by atoms with Gasteiger partial charge in [0.2, 0.25) is 5.78 Å². The van der Waals surface area contributed by atoms with Crippen molar-refractivity contribution in [2.45, 2.75) is 24.9 Å². The highest BCUT2D eigenvalue weighted by molar-refractivity contribution is 5.28. The number of imidazole rings is 1. The lowest BCUT2D eigenvalue weighted by molar-refractivity contribution is -0.0432. The SMILES string of the molecule is O=c1ncnc2n([C@@H]3C[C@H](O)[C@@H](CO)O3)ccn12. The van der Waals surface area contributed by atoms with Gasteiger partial charge in [0.15, 0.2) is 0 Å². The molecule has 2 N–H and O–H groups in total. The molecule has 0 aliphatic carbocycles. The van der Waals surface area contributed by atoms with Crippen molar-refractivity contribution in [1.82, 2.24) is 18.9 Å². The van der Waals surface area contributed by atoms with Crippen LogP contribution in [0.1, 0.15) is 12.6 Å². The van der Waals surface area contributed by atoms with Crippen molar-refractivity contribution in [3.05, 3.63) is 29.2 Å². The summed E-state index contributed by atoms with van der Waals surface area (Å²) >= 11 is 0. The first-order valence-electron chi connectivity index (χ1n) is 5.55. The van der Waals surface area contributed by atoms with Crippen LogP contribution >= 0.6 is 0 Å². The number of fused-ring (bicyclic) bond motifs is 1. The van der Waals surface area contributed by atoms with Gasteiger partial charge in [-0.25, -0.2) is 14.2 Å². The number of nitrogens with zero attached hydrogens (tertiary/aromatic N) is 4. The number of aliphatic hydroxyl groups is 2. The molecular weight excluding hydrogens is 240 g/mol. The Morgan fingerprint density at radius 1 is 1.44 bits per heavy atom. The molecule has 18 heavy (non-hydrogen) atoms. The average molecular weight is 252 g/mol. The van der Waals surface area contributed by atoms with Crippen molar-refractivity contribution in [1.29, 1.82) is 0 Å². The lowest BCUT2D eigenvalue weighted by Crippen LogP contribution is -2.24. The van der Waals surface area contributed by atoms with E-state index in [1.165, 1.54) is 10.7 Å². The quantitative estimate of drug-likeness (QED) is 0.676. The second kappa shape index (κ2) is 4.16. The third-order valence-corrected chi connectivity index (χ3v) is 3.06. The Bertz CT molecular complexity index is 622. The second-order valence-electron chi connectivity index (χ2n) is 4.15. The van der Waals surface area contributed by atoms with Crippen molar-refractivity contribution in [3.8, 4) is 0 Å². The van der Waals surface area contributed by atoms with Crippen molar-refractivity contribution >= 4 is 5.78 Å². The molecule has 1 aliphatic rings. The molecule has 2 aromatic heterocycles. The van der Waals surface area contributed by atoms with Crippen molar-refractivity contribution in [2.24, 2.45) is 0 Å². The minimum absolute atomic E-state index is 0.244. The fourth-order valence-corrected chi connectivity index (χ4v) is 2.14. The Morgan fingerprint density at radius 3 is 3.00 bits per heavy atom. The first-order valence-corrected chi connectivity index (χ1v) is 5.55. The number of aromatic nitrogens is 4. The van der Waals surface area contributed by atoms with Gasteiger partial charge in [0.1, 0.15) is 18.7 Å². The fourth-order valence-electron chi connectivity index (χ4n) is 2.14. The largest absolute Gasteiger partial charge is 0.394 e. The summed E-state index contributed by atoms with van der Waals surface area (Å²) in [6, 6.07) is 0. The first kappa shape index (κ1) is 11.3. The first-order chi connectivity index (χ1) is 8.70. The molecule has 0 saturated carbocycles. The minimum atomic E-state index is -0.726. The van der Waals surface area contributed by atoms with Gasteiger partial charge < -0.3 is 14.9 Å². The number of ether oxygens (including phenoxy) is 1. The van der Waals surface area contributed by atoms with Crippen molar-refractivity contribution in [2.75, 3.05) is 6.61 Å². The molecule has 3 rings (SSSR count). The maximum atomic E-state index is 11.5. The number of hydrogen-bond acceptors (Lipinski definition) is 6. The zero-order chi connectivity index (χ0) is 12.7. The standard InChI is InChI=1S/C10H12N4O4/c15-4-7-6(16)3-8(18-7)13-1-2-14-9(13)11-5-12-10(14)17/h1-2,5-8,15-16H,3-4H2/t6-,7+,8-/m0/s1. The van der Waals surface area contributed by atoms with E-state index in [-0.39, 0.29) is 6.61 Å². The molecule has 1 fully saturated rings. The van der Waals surface area contributed by atoms with Crippen molar-refractivity contribution < 1.29 is 14.9 Å². The van der Waals surface area contributed by atoms with Gasteiger partial charge in [-0.15, -0.1) is 0 Å². The summed E-state index contributed by atoms with van der Waals surface area (Å²) in [6.45, 7) is -0.244. The third kappa shape index (κ3) is 1.62. The monoisotopic (exact) mass is 252 g/mol. The van der Waals surface area contributed by atoms with Gasteiger partial charge in [0, 0.05) is 18.8 Å². The molecule has 0 unspecified atom stereocenters. The molecule has 8 nitrogen and oxygen atoms in total. The molecule has 0 radical (unpaired) electrons. The van der Waals surface area contributed by atoms with Crippen LogP contribution in [0.4, 0.5) is 0 Å². The van der Waals surface area contributed by atoms with E-state index in [0.717, 1.165) is 0 Å². The summed E-state index contributed by atoms with van der Waals surface area (Å²) in [5, 5.41) is 18.7. The summed E-state index contributed by atoms with van der Waals surface area (Å²) in [5.41, 5.74) is -0.420. The van der Waals surface area contributed by atoms with Crippen LogP contribution < -0.4 is 5.69 Å². The lowest BCUT2D eigenvalue weighted by atomic mass is 10.2. The van der Waals surface area contributed by atoms with Gasteiger partial charge in [-0.05, 0) is 0 Å². The second-order valence-corrected chi connectivity index (χ2v) is 4.15. The zero-order valence-corrected chi connectivity index (χ0v) is 9.38. The van der Waals surface area contributed by atoms with E-state index >= 15 is 0 Å². The van der Waals surface area contributed by atoms with Crippen LogP contribution in [0.3, 0.4) is 0 Å². The molecule has 8 heteroatoms. The molecule has 0 bridgehead atoms. The van der Waals surface area contributed by atoms with Gasteiger partial charge in [-0.1, -0.05) is 0 Å². The molecule has 1 aliphatic heterocycles. The van der Waals surface area contributed by atoms with E-state index in [1.54, 1.807) is 17.0 Å². The summed E-state index contributed by atoms with van der Waals surface area (Å²) < 4.78 is 8.44. The van der Waals surface area contributed by atoms with E-state index in [0.29, 0.717) is 12.2 Å². The molecule has 3 atom stereocenters. The molecule has 3 heterocycles. The predicted molar refractivity (Wildman–Crippen MR) is 58.9 cm³/mol. The highest BCUT2D eigenvalue weighted by Gasteiger charge is 2.35. The zero-order valence-electron chi connectivity index (χ0n) is 9.38. The van der Waals surface area contributed by atoms with Crippen LogP contribution in [-0.4, -0.2) is 48.0 Å². The number of aliphatic hydroxyl groups excluding tert-OH is 2. The van der Waals surface area contributed by atoms with Crippen LogP contribution in [0.2, 0.25) is 0 Å². The van der Waals surface area contributed by atoms with Gasteiger partial charge in [0.05, 0.1) is 12.7 Å².